The molecule has 0 radical (unpaired) electrons. The molecule has 2 aromatic heterocycles. The third kappa shape index (κ3) is 3.99. The van der Waals surface area contributed by atoms with Crippen LogP contribution in [0.4, 0.5) is 5.82 Å². The summed E-state index contributed by atoms with van der Waals surface area (Å²) < 4.78 is 5.48. The van der Waals surface area contributed by atoms with Gasteiger partial charge in [0.25, 0.3) is 0 Å². The number of thiophene rings is 1. The molecule has 7 heteroatoms. The lowest BCUT2D eigenvalue weighted by atomic mass is 10.1. The predicted molar refractivity (Wildman–Crippen MR) is 119 cm³/mol. The van der Waals surface area contributed by atoms with Crippen LogP contribution in [-0.2, 0) is 24.1 Å². The third-order valence-electron chi connectivity index (χ3n) is 5.80. The van der Waals surface area contributed by atoms with Crippen molar-refractivity contribution in [2.45, 2.75) is 38.8 Å². The number of aromatic nitrogens is 2. The molecule has 1 saturated heterocycles. The van der Waals surface area contributed by atoms with Gasteiger partial charge in [-0.05, 0) is 49.4 Å². The maximum absolute atomic E-state index is 6.06. The number of rotatable bonds is 5. The highest BCUT2D eigenvalue weighted by Crippen LogP contribution is 2.40. The molecule has 0 spiro atoms. The minimum absolute atomic E-state index is 0.138. The summed E-state index contributed by atoms with van der Waals surface area (Å²) in [4.78, 5) is 14.9. The quantitative estimate of drug-likeness (QED) is 0.630. The molecule has 1 atom stereocenters. The van der Waals surface area contributed by atoms with Crippen LogP contribution >= 0.6 is 22.9 Å². The SMILES string of the molecule is C[C@H](Nc1nc(CN2CCOCC2)nc2sc3c(c12)CCC3)c1ccc(Cl)cc1. The first kappa shape index (κ1) is 19.2. The Morgan fingerprint density at radius 2 is 1.97 bits per heavy atom. The van der Waals surface area contributed by atoms with E-state index in [2.05, 4.69) is 29.3 Å². The van der Waals surface area contributed by atoms with E-state index in [0.717, 1.165) is 60.8 Å². The number of anilines is 1. The number of benzene rings is 1. The zero-order chi connectivity index (χ0) is 19.8. The van der Waals surface area contributed by atoms with Crippen molar-refractivity contribution in [1.29, 1.82) is 0 Å². The standard InChI is InChI=1S/C22H25ClN4OS/c1-14(15-5-7-16(23)8-6-15)24-21-20-17-3-2-4-18(17)29-22(20)26-19(25-21)13-27-9-11-28-12-10-27/h5-8,14H,2-4,9-13H2,1H3,(H,24,25,26)/t14-/m0/s1. The van der Waals surface area contributed by atoms with Gasteiger partial charge in [0.15, 0.2) is 0 Å². The Kier molecular flexibility index (Phi) is 5.43. The van der Waals surface area contributed by atoms with Gasteiger partial charge >= 0.3 is 0 Å². The first-order valence-corrected chi connectivity index (χ1v) is 11.5. The molecular weight excluding hydrogens is 404 g/mol. The number of hydrogen-bond acceptors (Lipinski definition) is 6. The van der Waals surface area contributed by atoms with Gasteiger partial charge in [-0.25, -0.2) is 9.97 Å². The van der Waals surface area contributed by atoms with Gasteiger partial charge in [0, 0.05) is 29.0 Å². The molecule has 0 bridgehead atoms. The van der Waals surface area contributed by atoms with E-state index in [0.29, 0.717) is 0 Å². The second-order valence-electron chi connectivity index (χ2n) is 7.83. The zero-order valence-electron chi connectivity index (χ0n) is 16.6. The number of nitrogens with zero attached hydrogens (tertiary/aromatic N) is 3. The number of halogens is 1. The van der Waals surface area contributed by atoms with Crippen LogP contribution in [0.15, 0.2) is 24.3 Å². The van der Waals surface area contributed by atoms with Crippen LogP contribution in [0.25, 0.3) is 10.2 Å². The highest BCUT2D eigenvalue weighted by molar-refractivity contribution is 7.19. The van der Waals surface area contributed by atoms with Crippen LogP contribution < -0.4 is 5.32 Å². The van der Waals surface area contributed by atoms with Crippen LogP contribution in [0, 0.1) is 0 Å². The van der Waals surface area contributed by atoms with Gasteiger partial charge in [-0.15, -0.1) is 11.3 Å². The van der Waals surface area contributed by atoms with Crippen molar-refractivity contribution >= 4 is 39.0 Å². The fourth-order valence-corrected chi connectivity index (χ4v) is 5.62. The molecule has 29 heavy (non-hydrogen) atoms. The first-order chi connectivity index (χ1) is 14.2. The fraction of sp³-hybridized carbons (Fsp3) is 0.455. The molecule has 1 N–H and O–H groups in total. The van der Waals surface area contributed by atoms with E-state index >= 15 is 0 Å². The smallest absolute Gasteiger partial charge is 0.146 e. The zero-order valence-corrected chi connectivity index (χ0v) is 18.2. The topological polar surface area (TPSA) is 50.3 Å². The molecule has 0 saturated carbocycles. The normalized spacial score (nSPS) is 18.1. The van der Waals surface area contributed by atoms with Crippen molar-refractivity contribution < 1.29 is 4.74 Å². The summed E-state index contributed by atoms with van der Waals surface area (Å²) in [5.41, 5.74) is 2.65. The lowest BCUT2D eigenvalue weighted by Gasteiger charge is -2.26. The number of aryl methyl sites for hydroxylation is 2. The van der Waals surface area contributed by atoms with Gasteiger partial charge in [-0.1, -0.05) is 23.7 Å². The summed E-state index contributed by atoms with van der Waals surface area (Å²) in [6.45, 7) is 6.39. The minimum Gasteiger partial charge on any atom is -0.379 e. The summed E-state index contributed by atoms with van der Waals surface area (Å²) in [5, 5.41) is 5.67. The monoisotopic (exact) mass is 428 g/mol. The van der Waals surface area contributed by atoms with E-state index in [1.54, 1.807) is 0 Å². The Morgan fingerprint density at radius 1 is 1.17 bits per heavy atom. The predicted octanol–water partition coefficient (Wildman–Crippen LogP) is 4.84. The van der Waals surface area contributed by atoms with Crippen molar-refractivity contribution in [2.75, 3.05) is 31.6 Å². The lowest BCUT2D eigenvalue weighted by Crippen LogP contribution is -2.36. The van der Waals surface area contributed by atoms with Gasteiger partial charge in [-0.3, -0.25) is 4.90 Å². The van der Waals surface area contributed by atoms with E-state index in [-0.39, 0.29) is 6.04 Å². The van der Waals surface area contributed by atoms with Crippen LogP contribution in [0.2, 0.25) is 5.02 Å². The van der Waals surface area contributed by atoms with Crippen LogP contribution in [0.1, 0.15) is 41.2 Å². The second-order valence-corrected chi connectivity index (χ2v) is 9.35. The third-order valence-corrected chi connectivity index (χ3v) is 7.24. The molecule has 0 unspecified atom stereocenters. The molecular formula is C22H25ClN4OS. The second kappa shape index (κ2) is 8.19. The summed E-state index contributed by atoms with van der Waals surface area (Å²) in [6.07, 6.45) is 3.53. The van der Waals surface area contributed by atoms with Crippen molar-refractivity contribution in [3.05, 3.63) is 51.1 Å². The fourth-order valence-electron chi connectivity index (χ4n) is 4.21. The Labute approximate surface area is 180 Å². The average molecular weight is 429 g/mol. The number of nitrogens with one attached hydrogen (secondary N) is 1. The van der Waals surface area contributed by atoms with Crippen molar-refractivity contribution in [1.82, 2.24) is 14.9 Å². The molecule has 2 aliphatic rings. The molecule has 5 nitrogen and oxygen atoms in total. The van der Waals surface area contributed by atoms with Crippen molar-refractivity contribution in [2.24, 2.45) is 0 Å². The Morgan fingerprint density at radius 3 is 2.76 bits per heavy atom. The van der Waals surface area contributed by atoms with Crippen LogP contribution in [0.5, 0.6) is 0 Å². The minimum atomic E-state index is 0.138. The molecule has 1 aromatic carbocycles. The molecule has 1 aliphatic carbocycles. The van der Waals surface area contributed by atoms with E-state index in [9.17, 15) is 0 Å². The van der Waals surface area contributed by atoms with Crippen LogP contribution in [-0.4, -0.2) is 41.2 Å². The van der Waals surface area contributed by atoms with Crippen molar-refractivity contribution in [3.63, 3.8) is 0 Å². The summed E-state index contributed by atoms with van der Waals surface area (Å²) >= 11 is 7.91. The lowest BCUT2D eigenvalue weighted by molar-refractivity contribution is 0.0331. The van der Waals surface area contributed by atoms with Crippen LogP contribution in [0.3, 0.4) is 0 Å². The largest absolute Gasteiger partial charge is 0.379 e. The average Bonchev–Trinajstić information content (AvgIpc) is 3.30. The van der Waals surface area contributed by atoms with Gasteiger partial charge < -0.3 is 10.1 Å². The molecule has 1 aliphatic heterocycles. The summed E-state index contributed by atoms with van der Waals surface area (Å²) in [5.74, 6) is 1.87. The molecule has 0 amide bonds. The molecule has 3 aromatic rings. The Hall–Kier alpha value is -1.73. The first-order valence-electron chi connectivity index (χ1n) is 10.3. The van der Waals surface area contributed by atoms with E-state index in [1.165, 1.54) is 34.2 Å². The van der Waals surface area contributed by atoms with Gasteiger partial charge in [0.05, 0.1) is 25.1 Å². The van der Waals surface area contributed by atoms with Gasteiger partial charge in [0.2, 0.25) is 0 Å². The van der Waals surface area contributed by atoms with Gasteiger partial charge in [-0.2, -0.15) is 0 Å². The number of ether oxygens (including phenoxy) is 1. The van der Waals surface area contributed by atoms with E-state index in [4.69, 9.17) is 26.3 Å². The summed E-state index contributed by atoms with van der Waals surface area (Å²) in [6, 6.07) is 8.17. The molecule has 5 rings (SSSR count). The number of morpholine rings is 1. The molecule has 152 valence electrons. The molecule has 1 fully saturated rings. The maximum atomic E-state index is 6.06. The van der Waals surface area contributed by atoms with E-state index < -0.39 is 0 Å². The number of hydrogen-bond donors (Lipinski definition) is 1. The Balaban J connectivity index is 1.49. The highest BCUT2D eigenvalue weighted by atomic mass is 35.5. The number of fused-ring (bicyclic) bond motifs is 3. The molecule has 3 heterocycles. The summed E-state index contributed by atoms with van der Waals surface area (Å²) in [7, 11) is 0. The Bertz CT molecular complexity index is 1010. The van der Waals surface area contributed by atoms with Gasteiger partial charge in [0.1, 0.15) is 16.5 Å². The highest BCUT2D eigenvalue weighted by Gasteiger charge is 2.24. The maximum Gasteiger partial charge on any atom is 0.146 e. The van der Waals surface area contributed by atoms with Crippen molar-refractivity contribution in [3.8, 4) is 0 Å². The van der Waals surface area contributed by atoms with E-state index in [1.807, 2.05) is 23.5 Å².